The Hall–Kier alpha value is -2.22. The van der Waals surface area contributed by atoms with Crippen molar-refractivity contribution in [3.8, 4) is 0 Å². The Morgan fingerprint density at radius 3 is 2.95 bits per heavy atom. The molecule has 3 rings (SSSR count). The zero-order valence-corrected chi connectivity index (χ0v) is 12.4. The van der Waals surface area contributed by atoms with Crippen LogP contribution in [0.3, 0.4) is 0 Å². The second-order valence-electron chi connectivity index (χ2n) is 4.37. The van der Waals surface area contributed by atoms with E-state index in [1.54, 1.807) is 11.3 Å². The van der Waals surface area contributed by atoms with Gasteiger partial charge in [0.2, 0.25) is 5.95 Å². The first-order valence-electron chi connectivity index (χ1n) is 5.88. The summed E-state index contributed by atoms with van der Waals surface area (Å²) in [7, 11) is 0. The van der Waals surface area contributed by atoms with E-state index < -0.39 is 0 Å². The topological polar surface area (TPSA) is 88.0 Å². The van der Waals surface area contributed by atoms with Crippen molar-refractivity contribution in [2.24, 2.45) is 0 Å². The van der Waals surface area contributed by atoms with Crippen LogP contribution in [0.25, 0.3) is 5.65 Å². The molecule has 0 fully saturated rings. The zero-order valence-electron chi connectivity index (χ0n) is 10.8. The summed E-state index contributed by atoms with van der Waals surface area (Å²) in [5.41, 5.74) is 2.87. The van der Waals surface area contributed by atoms with Crippen molar-refractivity contribution < 1.29 is 4.79 Å². The van der Waals surface area contributed by atoms with Gasteiger partial charge in [0, 0.05) is 10.7 Å². The summed E-state index contributed by atoms with van der Waals surface area (Å²) in [5, 5.41) is 8.93. The van der Waals surface area contributed by atoms with Crippen molar-refractivity contribution >= 4 is 33.4 Å². The highest BCUT2D eigenvalue weighted by Crippen LogP contribution is 2.20. The number of carbonyl (C=O) groups is 1. The fraction of sp³-hybridized carbons (Fsp3) is 0.167. The molecule has 2 N–H and O–H groups in total. The Morgan fingerprint density at radius 1 is 1.45 bits per heavy atom. The minimum absolute atomic E-state index is 0.288. The van der Waals surface area contributed by atoms with E-state index in [4.69, 9.17) is 0 Å². The molecule has 0 saturated heterocycles. The second kappa shape index (κ2) is 4.71. The second-order valence-corrected chi connectivity index (χ2v) is 5.28. The number of carbonyl (C=O) groups excluding carboxylic acids is 1. The molecule has 3 aromatic heterocycles. The molecule has 0 bridgehead atoms. The molecule has 0 aromatic carbocycles. The first-order valence-corrected chi connectivity index (χ1v) is 6.67. The van der Waals surface area contributed by atoms with E-state index in [1.807, 2.05) is 19.2 Å². The number of hydrogen-bond acceptors (Lipinski definition) is 4. The Kier molecular flexibility index (Phi) is 3.01. The van der Waals surface area contributed by atoms with Gasteiger partial charge in [0.15, 0.2) is 0 Å². The van der Waals surface area contributed by atoms with Crippen LogP contribution in [-0.4, -0.2) is 30.5 Å². The van der Waals surface area contributed by atoms with Crippen LogP contribution < -0.4 is 5.32 Å². The Balaban J connectivity index is 2.11. The third kappa shape index (κ3) is 2.07. The SMILES string of the molecule is Cc1nc2c(C)cc(Br)cn2c1C(=O)Nc1ncn[nH]1. The average Bonchev–Trinajstić information content (AvgIpc) is 2.96. The molecule has 3 aromatic rings. The van der Waals surface area contributed by atoms with Crippen molar-refractivity contribution in [2.45, 2.75) is 13.8 Å². The maximum absolute atomic E-state index is 12.4. The van der Waals surface area contributed by atoms with Crippen molar-refractivity contribution in [1.29, 1.82) is 0 Å². The number of rotatable bonds is 2. The van der Waals surface area contributed by atoms with Crippen LogP contribution in [0.5, 0.6) is 0 Å². The monoisotopic (exact) mass is 334 g/mol. The highest BCUT2D eigenvalue weighted by atomic mass is 79.9. The molecular formula is C12H11BrN6O. The van der Waals surface area contributed by atoms with Gasteiger partial charge < -0.3 is 0 Å². The standard InChI is InChI=1S/C12H11BrN6O/c1-6-3-8(13)4-19-9(7(2)16-10(6)19)11(20)17-12-14-5-15-18-12/h3-5H,1-2H3,(H2,14,15,17,18,20). The van der Waals surface area contributed by atoms with E-state index in [9.17, 15) is 4.79 Å². The third-order valence-corrected chi connectivity index (χ3v) is 3.34. The predicted molar refractivity (Wildman–Crippen MR) is 76.7 cm³/mol. The minimum Gasteiger partial charge on any atom is -0.294 e. The van der Waals surface area contributed by atoms with Gasteiger partial charge >= 0.3 is 0 Å². The average molecular weight is 335 g/mol. The van der Waals surface area contributed by atoms with E-state index in [0.717, 1.165) is 15.7 Å². The van der Waals surface area contributed by atoms with Gasteiger partial charge in [0.1, 0.15) is 17.7 Å². The lowest BCUT2D eigenvalue weighted by molar-refractivity contribution is 0.102. The van der Waals surface area contributed by atoms with E-state index in [0.29, 0.717) is 17.3 Å². The predicted octanol–water partition coefficient (Wildman–Crippen LogP) is 2.08. The summed E-state index contributed by atoms with van der Waals surface area (Å²) in [6, 6.07) is 1.96. The van der Waals surface area contributed by atoms with Gasteiger partial charge in [-0.2, -0.15) is 10.1 Å². The number of pyridine rings is 1. The van der Waals surface area contributed by atoms with E-state index >= 15 is 0 Å². The molecule has 3 heterocycles. The van der Waals surface area contributed by atoms with Crippen LogP contribution in [0.4, 0.5) is 5.95 Å². The lowest BCUT2D eigenvalue weighted by Crippen LogP contribution is -2.16. The first kappa shape index (κ1) is 12.8. The number of aryl methyl sites for hydroxylation is 2. The maximum atomic E-state index is 12.4. The molecule has 20 heavy (non-hydrogen) atoms. The van der Waals surface area contributed by atoms with Crippen LogP contribution in [0.15, 0.2) is 23.1 Å². The van der Waals surface area contributed by atoms with Crippen molar-refractivity contribution in [2.75, 3.05) is 5.32 Å². The summed E-state index contributed by atoms with van der Waals surface area (Å²) >= 11 is 3.43. The highest BCUT2D eigenvalue weighted by molar-refractivity contribution is 9.10. The fourth-order valence-corrected chi connectivity index (χ4v) is 2.64. The number of fused-ring (bicyclic) bond motifs is 1. The Labute approximate surface area is 122 Å². The molecule has 0 aliphatic heterocycles. The van der Waals surface area contributed by atoms with Crippen molar-refractivity contribution in [3.63, 3.8) is 0 Å². The molecule has 0 unspecified atom stereocenters. The van der Waals surface area contributed by atoms with Gasteiger partial charge in [-0.3, -0.25) is 14.5 Å². The lowest BCUT2D eigenvalue weighted by atomic mass is 10.3. The van der Waals surface area contributed by atoms with Crippen LogP contribution in [-0.2, 0) is 0 Å². The molecule has 0 saturated carbocycles. The lowest BCUT2D eigenvalue weighted by Gasteiger charge is -2.04. The minimum atomic E-state index is -0.288. The number of nitrogens with zero attached hydrogens (tertiary/aromatic N) is 4. The number of aromatic amines is 1. The summed E-state index contributed by atoms with van der Waals surface area (Å²) in [5.74, 6) is 0.0142. The van der Waals surface area contributed by atoms with Gasteiger partial charge in [-0.05, 0) is 41.4 Å². The number of hydrogen-bond donors (Lipinski definition) is 2. The normalized spacial score (nSPS) is 10.9. The molecule has 102 valence electrons. The fourth-order valence-electron chi connectivity index (χ4n) is 2.09. The number of amides is 1. The van der Waals surface area contributed by atoms with Crippen LogP contribution in [0.1, 0.15) is 21.7 Å². The van der Waals surface area contributed by atoms with E-state index in [1.165, 1.54) is 6.33 Å². The molecule has 8 heteroatoms. The highest BCUT2D eigenvalue weighted by Gasteiger charge is 2.18. The molecule has 0 aliphatic rings. The smallest absolute Gasteiger partial charge is 0.276 e. The zero-order chi connectivity index (χ0) is 14.3. The van der Waals surface area contributed by atoms with Crippen molar-refractivity contribution in [3.05, 3.63) is 40.0 Å². The van der Waals surface area contributed by atoms with Gasteiger partial charge in [-0.25, -0.2) is 10.1 Å². The summed E-state index contributed by atoms with van der Waals surface area (Å²) in [6.45, 7) is 3.75. The molecule has 0 spiro atoms. The van der Waals surface area contributed by atoms with Crippen molar-refractivity contribution in [1.82, 2.24) is 24.6 Å². The number of halogens is 1. The van der Waals surface area contributed by atoms with Gasteiger partial charge in [0.25, 0.3) is 5.91 Å². The number of aromatic nitrogens is 5. The molecule has 7 nitrogen and oxygen atoms in total. The van der Waals surface area contributed by atoms with Gasteiger partial charge in [-0.15, -0.1) is 0 Å². The largest absolute Gasteiger partial charge is 0.294 e. The molecule has 0 aliphatic carbocycles. The van der Waals surface area contributed by atoms with E-state index in [-0.39, 0.29) is 5.91 Å². The molecule has 1 amide bonds. The summed E-state index contributed by atoms with van der Waals surface area (Å²) in [4.78, 5) is 20.7. The summed E-state index contributed by atoms with van der Waals surface area (Å²) < 4.78 is 2.65. The van der Waals surface area contributed by atoms with Crippen LogP contribution in [0.2, 0.25) is 0 Å². The first-order chi connectivity index (χ1) is 9.56. The third-order valence-electron chi connectivity index (χ3n) is 2.91. The Morgan fingerprint density at radius 2 is 2.25 bits per heavy atom. The number of nitrogens with one attached hydrogen (secondary N) is 2. The van der Waals surface area contributed by atoms with E-state index in [2.05, 4.69) is 41.4 Å². The number of imidazole rings is 1. The van der Waals surface area contributed by atoms with Gasteiger partial charge in [-0.1, -0.05) is 0 Å². The molecule has 0 atom stereocenters. The van der Waals surface area contributed by atoms with Gasteiger partial charge in [0.05, 0.1) is 5.69 Å². The van der Waals surface area contributed by atoms with Crippen LogP contribution in [0, 0.1) is 13.8 Å². The maximum Gasteiger partial charge on any atom is 0.276 e. The quantitative estimate of drug-likeness (QED) is 0.751. The molecule has 0 radical (unpaired) electrons. The number of H-pyrrole nitrogens is 1. The summed E-state index contributed by atoms with van der Waals surface area (Å²) in [6.07, 6.45) is 3.15. The Bertz CT molecular complexity index is 792. The number of anilines is 1. The van der Waals surface area contributed by atoms with Crippen LogP contribution >= 0.6 is 15.9 Å². The molecular weight excluding hydrogens is 324 g/mol.